The van der Waals surface area contributed by atoms with E-state index in [1.54, 1.807) is 12.4 Å². The number of aliphatic hydroxyl groups is 1. The summed E-state index contributed by atoms with van der Waals surface area (Å²) < 4.78 is 0.928. The lowest BCUT2D eigenvalue weighted by Gasteiger charge is -2.26. The fourth-order valence-electron chi connectivity index (χ4n) is 1.03. The number of aromatic nitrogens is 1. The van der Waals surface area contributed by atoms with Gasteiger partial charge < -0.3 is 10.4 Å². The van der Waals surface area contributed by atoms with Crippen molar-refractivity contribution in [2.45, 2.75) is 26.9 Å². The highest BCUT2D eigenvalue weighted by atomic mass is 79.9. The van der Waals surface area contributed by atoms with E-state index in [0.29, 0.717) is 6.54 Å². The van der Waals surface area contributed by atoms with Crippen molar-refractivity contribution in [2.75, 3.05) is 11.9 Å². The van der Waals surface area contributed by atoms with Crippen molar-refractivity contribution in [1.29, 1.82) is 0 Å². The van der Waals surface area contributed by atoms with Crippen LogP contribution in [0.4, 0.5) is 5.69 Å². The monoisotopic (exact) mass is 272 g/mol. The van der Waals surface area contributed by atoms with E-state index in [2.05, 4.69) is 26.2 Å². The van der Waals surface area contributed by atoms with E-state index in [-0.39, 0.29) is 11.5 Å². The number of anilines is 1. The summed E-state index contributed by atoms with van der Waals surface area (Å²) in [5.74, 6) is 0. The number of nitrogens with zero attached hydrogens (tertiary/aromatic N) is 1. The van der Waals surface area contributed by atoms with Crippen molar-refractivity contribution in [1.82, 2.24) is 4.98 Å². The lowest BCUT2D eigenvalue weighted by Crippen LogP contribution is -2.32. The number of nitrogens with one attached hydrogen (secondary N) is 1. The van der Waals surface area contributed by atoms with Gasteiger partial charge in [-0.2, -0.15) is 0 Å². The second kappa shape index (κ2) is 4.94. The number of hydrogen-bond donors (Lipinski definition) is 2. The molecule has 0 spiro atoms. The Morgan fingerprint density at radius 1 is 1.47 bits per heavy atom. The molecule has 3 nitrogen and oxygen atoms in total. The van der Waals surface area contributed by atoms with Crippen LogP contribution in [0, 0.1) is 5.41 Å². The normalized spacial score (nSPS) is 13.7. The van der Waals surface area contributed by atoms with Crippen LogP contribution >= 0.6 is 15.9 Å². The molecule has 0 radical (unpaired) electrons. The molecule has 0 fully saturated rings. The Labute approximate surface area is 99.1 Å². The molecule has 2 N–H and O–H groups in total. The Morgan fingerprint density at radius 3 is 2.67 bits per heavy atom. The highest BCUT2D eigenvalue weighted by Gasteiger charge is 2.21. The van der Waals surface area contributed by atoms with Gasteiger partial charge in [0.1, 0.15) is 0 Å². The Balaban J connectivity index is 2.51. The zero-order valence-electron chi connectivity index (χ0n) is 9.29. The molecule has 15 heavy (non-hydrogen) atoms. The summed E-state index contributed by atoms with van der Waals surface area (Å²) in [6.07, 6.45) is 3.09. The van der Waals surface area contributed by atoms with Crippen LogP contribution in [-0.2, 0) is 0 Å². The first-order chi connectivity index (χ1) is 6.89. The number of hydrogen-bond acceptors (Lipinski definition) is 3. The van der Waals surface area contributed by atoms with Crippen LogP contribution in [0.3, 0.4) is 0 Å². The van der Waals surface area contributed by atoms with Gasteiger partial charge in [-0.1, -0.05) is 20.8 Å². The second-order valence-corrected chi connectivity index (χ2v) is 5.57. The van der Waals surface area contributed by atoms with Crippen molar-refractivity contribution in [3.8, 4) is 0 Å². The summed E-state index contributed by atoms with van der Waals surface area (Å²) in [4.78, 5) is 4.03. The minimum Gasteiger partial charge on any atom is -0.391 e. The second-order valence-electron chi connectivity index (χ2n) is 4.65. The van der Waals surface area contributed by atoms with E-state index < -0.39 is 0 Å². The molecule has 1 atom stereocenters. The molecule has 1 heterocycles. The number of halogens is 1. The average molecular weight is 273 g/mol. The van der Waals surface area contributed by atoms with E-state index in [1.165, 1.54) is 0 Å². The molecule has 0 aliphatic rings. The summed E-state index contributed by atoms with van der Waals surface area (Å²) in [5.41, 5.74) is 0.805. The van der Waals surface area contributed by atoms with E-state index in [0.717, 1.165) is 10.2 Å². The molecule has 4 heteroatoms. The highest BCUT2D eigenvalue weighted by Crippen LogP contribution is 2.20. The van der Waals surface area contributed by atoms with Gasteiger partial charge in [-0.3, -0.25) is 4.98 Å². The fraction of sp³-hybridized carbons (Fsp3) is 0.545. The van der Waals surface area contributed by atoms with Crippen LogP contribution in [0.2, 0.25) is 0 Å². The molecule has 1 aromatic heterocycles. The van der Waals surface area contributed by atoms with Crippen molar-refractivity contribution in [2.24, 2.45) is 5.41 Å². The lowest BCUT2D eigenvalue weighted by molar-refractivity contribution is 0.0746. The maximum absolute atomic E-state index is 9.82. The summed E-state index contributed by atoms with van der Waals surface area (Å²) in [7, 11) is 0. The molecule has 0 aliphatic carbocycles. The van der Waals surface area contributed by atoms with Gasteiger partial charge in [-0.25, -0.2) is 0 Å². The summed E-state index contributed by atoms with van der Waals surface area (Å²) in [6.45, 7) is 6.57. The fourth-order valence-corrected chi connectivity index (χ4v) is 1.39. The van der Waals surface area contributed by atoms with Crippen molar-refractivity contribution < 1.29 is 5.11 Å². The Bertz CT molecular complexity index is 323. The Morgan fingerprint density at radius 2 is 2.13 bits per heavy atom. The smallest absolute Gasteiger partial charge is 0.0760 e. The van der Waals surface area contributed by atoms with E-state index in [1.807, 2.05) is 26.8 Å². The van der Waals surface area contributed by atoms with E-state index >= 15 is 0 Å². The van der Waals surface area contributed by atoms with Crippen molar-refractivity contribution in [3.05, 3.63) is 22.9 Å². The first-order valence-corrected chi connectivity index (χ1v) is 5.71. The third kappa shape index (κ3) is 4.18. The third-order valence-corrected chi connectivity index (χ3v) is 2.64. The number of aliphatic hydroxyl groups excluding tert-OH is 1. The summed E-state index contributed by atoms with van der Waals surface area (Å²) in [5, 5.41) is 13.0. The maximum Gasteiger partial charge on any atom is 0.0760 e. The number of pyridine rings is 1. The molecule has 0 saturated heterocycles. The Kier molecular flexibility index (Phi) is 4.11. The third-order valence-electron chi connectivity index (χ3n) is 2.20. The van der Waals surface area contributed by atoms with Gasteiger partial charge >= 0.3 is 0 Å². The van der Waals surface area contributed by atoms with Crippen LogP contribution in [-0.4, -0.2) is 22.7 Å². The lowest BCUT2D eigenvalue weighted by atomic mass is 9.89. The van der Waals surface area contributed by atoms with E-state index in [4.69, 9.17) is 0 Å². The predicted octanol–water partition coefficient (Wildman–Crippen LogP) is 2.66. The summed E-state index contributed by atoms with van der Waals surface area (Å²) >= 11 is 3.34. The minimum absolute atomic E-state index is 0.105. The van der Waals surface area contributed by atoms with Crippen LogP contribution in [0.1, 0.15) is 20.8 Å². The molecule has 1 aromatic rings. The molecule has 0 amide bonds. The molecule has 1 rings (SSSR count). The average Bonchev–Trinajstić information content (AvgIpc) is 2.12. The minimum atomic E-state index is -0.378. The van der Waals surface area contributed by atoms with Gasteiger partial charge in [0.25, 0.3) is 0 Å². The first kappa shape index (κ1) is 12.5. The molecular formula is C11H17BrN2O. The van der Waals surface area contributed by atoms with E-state index in [9.17, 15) is 5.11 Å². The first-order valence-electron chi connectivity index (χ1n) is 4.92. The standard InChI is InChI=1S/C11H17BrN2O/c1-11(2,3)10(15)7-14-9-4-8(12)5-13-6-9/h4-6,10,14-15H,7H2,1-3H3. The van der Waals surface area contributed by atoms with Crippen LogP contribution < -0.4 is 5.32 Å². The maximum atomic E-state index is 9.82. The van der Waals surface area contributed by atoms with Gasteiger partial charge in [-0.15, -0.1) is 0 Å². The summed E-state index contributed by atoms with van der Waals surface area (Å²) in [6, 6.07) is 1.93. The van der Waals surface area contributed by atoms with Gasteiger partial charge in [0, 0.05) is 17.2 Å². The van der Waals surface area contributed by atoms with Gasteiger partial charge in [0.15, 0.2) is 0 Å². The molecule has 0 aliphatic heterocycles. The topological polar surface area (TPSA) is 45.1 Å². The molecular weight excluding hydrogens is 256 g/mol. The highest BCUT2D eigenvalue weighted by molar-refractivity contribution is 9.10. The van der Waals surface area contributed by atoms with Crippen LogP contribution in [0.15, 0.2) is 22.9 Å². The molecule has 84 valence electrons. The molecule has 0 saturated carbocycles. The zero-order chi connectivity index (χ0) is 11.5. The zero-order valence-corrected chi connectivity index (χ0v) is 10.9. The van der Waals surface area contributed by atoms with Gasteiger partial charge in [-0.05, 0) is 27.4 Å². The van der Waals surface area contributed by atoms with Gasteiger partial charge in [0.05, 0.1) is 18.0 Å². The predicted molar refractivity (Wildman–Crippen MR) is 65.9 cm³/mol. The Hall–Kier alpha value is -0.610. The molecule has 0 bridgehead atoms. The quantitative estimate of drug-likeness (QED) is 0.890. The number of rotatable bonds is 3. The molecule has 1 unspecified atom stereocenters. The van der Waals surface area contributed by atoms with Crippen LogP contribution in [0.25, 0.3) is 0 Å². The van der Waals surface area contributed by atoms with Crippen molar-refractivity contribution in [3.63, 3.8) is 0 Å². The largest absolute Gasteiger partial charge is 0.391 e. The van der Waals surface area contributed by atoms with Gasteiger partial charge in [0.2, 0.25) is 0 Å². The van der Waals surface area contributed by atoms with Crippen molar-refractivity contribution >= 4 is 21.6 Å². The molecule has 0 aromatic carbocycles. The SMILES string of the molecule is CC(C)(C)C(O)CNc1cncc(Br)c1. The van der Waals surface area contributed by atoms with Crippen LogP contribution in [0.5, 0.6) is 0 Å².